The highest BCUT2D eigenvalue weighted by Crippen LogP contribution is 2.29. The van der Waals surface area contributed by atoms with E-state index in [0.29, 0.717) is 10.9 Å². The Morgan fingerprint density at radius 2 is 1.84 bits per heavy atom. The summed E-state index contributed by atoms with van der Waals surface area (Å²) >= 11 is 5.93. The number of hydrogen-bond acceptors (Lipinski definition) is 4. The highest BCUT2D eigenvalue weighted by atomic mass is 35.5. The Labute approximate surface area is 181 Å². The molecule has 2 aromatic heterocycles. The van der Waals surface area contributed by atoms with Crippen LogP contribution in [0.4, 0.5) is 5.69 Å². The third kappa shape index (κ3) is 3.71. The number of anilines is 1. The predicted octanol–water partition coefficient (Wildman–Crippen LogP) is 4.92. The average molecular weight is 437 g/mol. The fraction of sp³-hybridized carbons (Fsp3) is 0.0870. The number of hydrogen-bond donors (Lipinski definition) is 2. The number of halogens is 1. The predicted molar refractivity (Wildman–Crippen MR) is 117 cm³/mol. The van der Waals surface area contributed by atoms with Crippen molar-refractivity contribution in [3.63, 3.8) is 0 Å². The zero-order valence-electron chi connectivity index (χ0n) is 16.6. The summed E-state index contributed by atoms with van der Waals surface area (Å²) in [5.41, 5.74) is 2.95. The van der Waals surface area contributed by atoms with Gasteiger partial charge in [-0.1, -0.05) is 17.7 Å². The number of aromatic nitrogens is 1. The second-order valence-electron chi connectivity index (χ2n) is 7.13. The van der Waals surface area contributed by atoms with Gasteiger partial charge in [-0.25, -0.2) is 4.79 Å². The standard InChI is InChI=1S/C23H17ClN2O5/c1-12-7-15(24)9-17(23(29)30)20(12)25-22(28)21(27)18-10-26(2)19-4-3-13(8-16(18)19)14-5-6-31-11-14/h3-11H,1-2H3,(H,25,28)(H,29,30). The van der Waals surface area contributed by atoms with E-state index in [2.05, 4.69) is 5.32 Å². The molecule has 31 heavy (non-hydrogen) atoms. The first kappa shape index (κ1) is 20.4. The van der Waals surface area contributed by atoms with E-state index in [9.17, 15) is 19.5 Å². The van der Waals surface area contributed by atoms with Gasteiger partial charge in [0, 0.05) is 34.7 Å². The highest BCUT2D eigenvalue weighted by molar-refractivity contribution is 6.48. The Balaban J connectivity index is 1.73. The molecule has 0 aliphatic carbocycles. The lowest BCUT2D eigenvalue weighted by Gasteiger charge is -2.11. The normalized spacial score (nSPS) is 10.9. The molecular weight excluding hydrogens is 420 g/mol. The number of fused-ring (bicyclic) bond motifs is 1. The van der Waals surface area contributed by atoms with Crippen LogP contribution in [0, 0.1) is 6.92 Å². The Kier molecular flexibility index (Phi) is 5.12. The number of carboxylic acids is 1. The van der Waals surface area contributed by atoms with Crippen LogP contribution in [0.5, 0.6) is 0 Å². The quantitative estimate of drug-likeness (QED) is 0.341. The minimum atomic E-state index is -1.26. The fourth-order valence-corrected chi connectivity index (χ4v) is 3.82. The largest absolute Gasteiger partial charge is 0.478 e. The van der Waals surface area contributed by atoms with E-state index >= 15 is 0 Å². The number of furan rings is 1. The molecule has 0 aliphatic rings. The summed E-state index contributed by atoms with van der Waals surface area (Å²) in [6.45, 7) is 1.60. The number of rotatable bonds is 5. The van der Waals surface area contributed by atoms with Crippen molar-refractivity contribution in [2.75, 3.05) is 5.32 Å². The lowest BCUT2D eigenvalue weighted by Crippen LogP contribution is -2.24. The first-order valence-corrected chi connectivity index (χ1v) is 9.65. The molecule has 7 nitrogen and oxygen atoms in total. The van der Waals surface area contributed by atoms with Crippen LogP contribution in [-0.4, -0.2) is 27.3 Å². The zero-order valence-corrected chi connectivity index (χ0v) is 17.4. The summed E-state index contributed by atoms with van der Waals surface area (Å²) in [6.07, 6.45) is 4.73. The molecule has 2 aromatic carbocycles. The molecule has 4 rings (SSSR count). The SMILES string of the molecule is Cc1cc(Cl)cc(C(=O)O)c1NC(=O)C(=O)c1cn(C)c2ccc(-c3ccoc3)cc12. The van der Waals surface area contributed by atoms with Crippen LogP contribution in [0.25, 0.3) is 22.0 Å². The van der Waals surface area contributed by atoms with Crippen molar-refractivity contribution in [2.45, 2.75) is 6.92 Å². The molecule has 0 unspecified atom stereocenters. The van der Waals surface area contributed by atoms with E-state index in [-0.39, 0.29) is 21.8 Å². The molecule has 0 bridgehead atoms. The molecule has 4 aromatic rings. The number of ketones is 1. The maximum atomic E-state index is 13.0. The minimum absolute atomic E-state index is 0.0366. The number of benzene rings is 2. The lowest BCUT2D eigenvalue weighted by atomic mass is 10.0. The Hall–Kier alpha value is -3.84. The van der Waals surface area contributed by atoms with E-state index in [4.69, 9.17) is 16.0 Å². The van der Waals surface area contributed by atoms with Crippen LogP contribution in [0.1, 0.15) is 26.3 Å². The molecule has 0 radical (unpaired) electrons. The average Bonchev–Trinajstić information content (AvgIpc) is 3.37. The number of amides is 1. The van der Waals surface area contributed by atoms with Crippen molar-refractivity contribution >= 4 is 45.9 Å². The monoisotopic (exact) mass is 436 g/mol. The van der Waals surface area contributed by atoms with Gasteiger partial charge >= 0.3 is 5.97 Å². The van der Waals surface area contributed by atoms with Gasteiger partial charge in [-0.3, -0.25) is 9.59 Å². The molecule has 2 heterocycles. The number of Topliss-reactive ketones (excluding diaryl/α,β-unsaturated/α-hetero) is 1. The fourth-order valence-electron chi connectivity index (χ4n) is 3.55. The van der Waals surface area contributed by atoms with Crippen LogP contribution < -0.4 is 5.32 Å². The van der Waals surface area contributed by atoms with E-state index in [0.717, 1.165) is 16.6 Å². The second-order valence-corrected chi connectivity index (χ2v) is 7.57. The minimum Gasteiger partial charge on any atom is -0.478 e. The lowest BCUT2D eigenvalue weighted by molar-refractivity contribution is -0.112. The van der Waals surface area contributed by atoms with Crippen molar-refractivity contribution in [1.82, 2.24) is 4.57 Å². The third-order valence-corrected chi connectivity index (χ3v) is 5.28. The van der Waals surface area contributed by atoms with E-state index in [1.807, 2.05) is 18.2 Å². The van der Waals surface area contributed by atoms with E-state index in [1.54, 1.807) is 43.3 Å². The second kappa shape index (κ2) is 7.77. The zero-order chi connectivity index (χ0) is 22.3. The van der Waals surface area contributed by atoms with Gasteiger partial charge < -0.3 is 19.4 Å². The molecule has 0 saturated carbocycles. The molecule has 0 spiro atoms. The summed E-state index contributed by atoms with van der Waals surface area (Å²) in [6, 6.07) is 10.1. The third-order valence-electron chi connectivity index (χ3n) is 5.06. The maximum absolute atomic E-state index is 13.0. The van der Waals surface area contributed by atoms with Crippen molar-refractivity contribution in [3.05, 3.63) is 76.8 Å². The van der Waals surface area contributed by atoms with Crippen molar-refractivity contribution in [1.29, 1.82) is 0 Å². The van der Waals surface area contributed by atoms with Gasteiger partial charge in [-0.15, -0.1) is 0 Å². The number of nitrogens with one attached hydrogen (secondary N) is 1. The molecule has 2 N–H and O–H groups in total. The van der Waals surface area contributed by atoms with Crippen LogP contribution >= 0.6 is 11.6 Å². The number of carbonyl (C=O) groups excluding carboxylic acids is 2. The Morgan fingerprint density at radius 3 is 2.52 bits per heavy atom. The number of aryl methyl sites for hydroxylation is 2. The number of carboxylic acid groups (broad SMARTS) is 1. The summed E-state index contributed by atoms with van der Waals surface area (Å²) in [7, 11) is 1.78. The molecule has 0 fully saturated rings. The smallest absolute Gasteiger partial charge is 0.337 e. The highest BCUT2D eigenvalue weighted by Gasteiger charge is 2.24. The van der Waals surface area contributed by atoms with Gasteiger partial charge in [-0.2, -0.15) is 0 Å². The van der Waals surface area contributed by atoms with Crippen molar-refractivity contribution in [3.8, 4) is 11.1 Å². The molecule has 1 amide bonds. The van der Waals surface area contributed by atoms with Gasteiger partial charge in [0.05, 0.1) is 29.3 Å². The molecule has 0 aliphatic heterocycles. The summed E-state index contributed by atoms with van der Waals surface area (Å²) in [5, 5.41) is 12.7. The van der Waals surface area contributed by atoms with Gasteiger partial charge in [0.2, 0.25) is 0 Å². The van der Waals surface area contributed by atoms with Crippen LogP contribution in [0.2, 0.25) is 5.02 Å². The van der Waals surface area contributed by atoms with Crippen LogP contribution in [-0.2, 0) is 11.8 Å². The summed E-state index contributed by atoms with van der Waals surface area (Å²) < 4.78 is 6.88. The van der Waals surface area contributed by atoms with Gasteiger partial charge in [-0.05, 0) is 48.4 Å². The Morgan fingerprint density at radius 1 is 1.06 bits per heavy atom. The topological polar surface area (TPSA) is 102 Å². The van der Waals surface area contributed by atoms with E-state index in [1.165, 1.54) is 12.1 Å². The van der Waals surface area contributed by atoms with E-state index < -0.39 is 17.7 Å². The summed E-state index contributed by atoms with van der Waals surface area (Å²) in [5.74, 6) is -2.97. The molecule has 0 saturated heterocycles. The Bertz CT molecular complexity index is 1350. The summed E-state index contributed by atoms with van der Waals surface area (Å²) in [4.78, 5) is 37.4. The molecule has 0 atom stereocenters. The van der Waals surface area contributed by atoms with Crippen LogP contribution in [0.3, 0.4) is 0 Å². The van der Waals surface area contributed by atoms with Gasteiger partial charge in [0.1, 0.15) is 0 Å². The maximum Gasteiger partial charge on any atom is 0.337 e. The molecule has 8 heteroatoms. The number of carbonyl (C=O) groups is 3. The van der Waals surface area contributed by atoms with Gasteiger partial charge in [0.25, 0.3) is 11.7 Å². The first-order valence-electron chi connectivity index (χ1n) is 9.27. The molecular formula is C23H17ClN2O5. The number of nitrogens with zero attached hydrogens (tertiary/aromatic N) is 1. The van der Waals surface area contributed by atoms with Crippen LogP contribution in [0.15, 0.2) is 59.5 Å². The van der Waals surface area contributed by atoms with Gasteiger partial charge in [0.15, 0.2) is 0 Å². The number of aromatic carboxylic acids is 1. The first-order chi connectivity index (χ1) is 14.8. The van der Waals surface area contributed by atoms with Crippen molar-refractivity contribution in [2.24, 2.45) is 7.05 Å². The molecule has 156 valence electrons. The van der Waals surface area contributed by atoms with Crippen molar-refractivity contribution < 1.29 is 23.9 Å².